The van der Waals surface area contributed by atoms with Gasteiger partial charge in [0.15, 0.2) is 0 Å². The topological polar surface area (TPSA) is 40.5 Å². The maximum Gasteiger partial charge on any atom is 0.0594 e. The summed E-state index contributed by atoms with van der Waals surface area (Å²) in [6.45, 7) is 17.8. The molecular weight excluding hydrogens is 392 g/mol. The van der Waals surface area contributed by atoms with Crippen molar-refractivity contribution in [2.24, 2.45) is 56.7 Å². The van der Waals surface area contributed by atoms with Crippen LogP contribution in [0.2, 0.25) is 0 Å². The monoisotopic (exact) mass is 442 g/mol. The van der Waals surface area contributed by atoms with Crippen LogP contribution in [-0.2, 0) is 0 Å². The van der Waals surface area contributed by atoms with E-state index in [0.29, 0.717) is 29.8 Å². The van der Waals surface area contributed by atoms with Crippen molar-refractivity contribution in [1.82, 2.24) is 0 Å². The summed E-state index contributed by atoms with van der Waals surface area (Å²) in [5, 5.41) is 21.6. The molecule has 2 nitrogen and oxygen atoms in total. The van der Waals surface area contributed by atoms with Crippen LogP contribution in [0, 0.1) is 56.7 Å². The third-order valence-electron chi connectivity index (χ3n) is 13.1. The highest BCUT2D eigenvalue weighted by Crippen LogP contribution is 2.74. The molecule has 5 aliphatic rings. The van der Waals surface area contributed by atoms with Crippen molar-refractivity contribution >= 4 is 0 Å². The minimum Gasteiger partial charge on any atom is -0.396 e. The maximum absolute atomic E-state index is 10.9. The average Bonchev–Trinajstić information content (AvgIpc) is 2.73. The molecule has 2 heteroatoms. The van der Waals surface area contributed by atoms with Gasteiger partial charge in [-0.15, -0.1) is 0 Å². The third kappa shape index (κ3) is 2.72. The van der Waals surface area contributed by atoms with E-state index < -0.39 is 0 Å². The van der Waals surface area contributed by atoms with Crippen molar-refractivity contribution < 1.29 is 10.2 Å². The summed E-state index contributed by atoms with van der Waals surface area (Å²) in [6, 6.07) is 0. The van der Waals surface area contributed by atoms with Crippen LogP contribution in [0.1, 0.15) is 106 Å². The fraction of sp³-hybridized carbons (Fsp3) is 0.933. The van der Waals surface area contributed by atoms with Crippen LogP contribution in [-0.4, -0.2) is 22.9 Å². The predicted octanol–water partition coefficient (Wildman–Crippen LogP) is 7.00. The SMILES string of the molecule is C[C@@H]1[C@H](C)CC[C@]2(CO)CC=C3[C@]4(C)CC[C@@H]5C(C)(C)[C@H](O)CC[C@@]5(C)[C@H]4CC[C@@]3(C)[C@@H]12. The first-order chi connectivity index (χ1) is 14.9. The van der Waals surface area contributed by atoms with Gasteiger partial charge < -0.3 is 10.2 Å². The minimum absolute atomic E-state index is 0.0232. The second-order valence-corrected chi connectivity index (χ2v) is 14.6. The van der Waals surface area contributed by atoms with E-state index in [1.807, 2.05) is 0 Å². The molecule has 4 saturated carbocycles. The molecule has 0 saturated heterocycles. The van der Waals surface area contributed by atoms with E-state index in [1.165, 1.54) is 44.9 Å². The van der Waals surface area contributed by atoms with Crippen molar-refractivity contribution in [3.63, 3.8) is 0 Å². The highest BCUT2D eigenvalue weighted by Gasteiger charge is 2.67. The summed E-state index contributed by atoms with van der Waals surface area (Å²) in [6.07, 6.45) is 13.4. The number of aliphatic hydroxyl groups excluding tert-OH is 2. The van der Waals surface area contributed by atoms with Gasteiger partial charge in [-0.2, -0.15) is 0 Å². The van der Waals surface area contributed by atoms with Crippen molar-refractivity contribution in [1.29, 1.82) is 0 Å². The molecule has 0 spiro atoms. The number of allylic oxidation sites excluding steroid dienone is 2. The van der Waals surface area contributed by atoms with Crippen LogP contribution in [0.25, 0.3) is 0 Å². The summed E-state index contributed by atoms with van der Waals surface area (Å²) in [4.78, 5) is 0. The van der Waals surface area contributed by atoms with Crippen LogP contribution >= 0.6 is 0 Å². The van der Waals surface area contributed by atoms with Crippen LogP contribution in [0.3, 0.4) is 0 Å². The van der Waals surface area contributed by atoms with Crippen LogP contribution in [0.5, 0.6) is 0 Å². The fourth-order valence-electron chi connectivity index (χ4n) is 11.4. The molecule has 5 aliphatic carbocycles. The Kier molecular flexibility index (Phi) is 5.19. The zero-order chi connectivity index (χ0) is 23.3. The lowest BCUT2D eigenvalue weighted by atomic mass is 9.34. The Morgan fingerprint density at radius 1 is 0.844 bits per heavy atom. The standard InChI is InChI=1S/C30H50O2/c1-19-8-16-30(18-31)17-11-23-28(6)13-9-21-26(3,4)24(32)12-15-27(21,5)22(28)10-14-29(23,7)25(30)20(19)2/h11,19-22,24-25,31-32H,8-10,12-18H2,1-7H3/t19-,20-,21-,22-,24-,25-,27-,28-,29-,30-/m1/s1. The molecule has 10 atom stereocenters. The summed E-state index contributed by atoms with van der Waals surface area (Å²) < 4.78 is 0. The highest BCUT2D eigenvalue weighted by atomic mass is 16.3. The zero-order valence-corrected chi connectivity index (χ0v) is 22.0. The number of fused-ring (bicyclic) bond motifs is 7. The Bertz CT molecular complexity index is 799. The van der Waals surface area contributed by atoms with Gasteiger partial charge in [0.1, 0.15) is 0 Å². The van der Waals surface area contributed by atoms with Gasteiger partial charge >= 0.3 is 0 Å². The van der Waals surface area contributed by atoms with E-state index in [2.05, 4.69) is 54.5 Å². The molecule has 5 rings (SSSR count). The molecular formula is C30H50O2. The average molecular weight is 443 g/mol. The molecule has 0 aromatic rings. The Morgan fingerprint density at radius 2 is 1.50 bits per heavy atom. The first-order valence-corrected chi connectivity index (χ1v) is 13.9. The molecule has 0 aliphatic heterocycles. The van der Waals surface area contributed by atoms with Crippen molar-refractivity contribution in [3.05, 3.63) is 11.6 Å². The molecule has 0 unspecified atom stereocenters. The quantitative estimate of drug-likeness (QED) is 0.429. The molecule has 32 heavy (non-hydrogen) atoms. The van der Waals surface area contributed by atoms with Gasteiger partial charge in [0.25, 0.3) is 0 Å². The van der Waals surface area contributed by atoms with E-state index in [9.17, 15) is 10.2 Å². The van der Waals surface area contributed by atoms with Crippen LogP contribution < -0.4 is 0 Å². The van der Waals surface area contributed by atoms with E-state index in [4.69, 9.17) is 0 Å². The van der Waals surface area contributed by atoms with Gasteiger partial charge in [0.2, 0.25) is 0 Å². The molecule has 2 N–H and O–H groups in total. The maximum atomic E-state index is 10.9. The number of aliphatic hydroxyl groups is 2. The van der Waals surface area contributed by atoms with Gasteiger partial charge in [0.05, 0.1) is 6.10 Å². The lowest BCUT2D eigenvalue weighted by molar-refractivity contribution is -0.188. The summed E-state index contributed by atoms with van der Waals surface area (Å²) >= 11 is 0. The van der Waals surface area contributed by atoms with Crippen LogP contribution in [0.15, 0.2) is 11.6 Å². The summed E-state index contributed by atoms with van der Waals surface area (Å²) in [5.41, 5.74) is 2.74. The smallest absolute Gasteiger partial charge is 0.0594 e. The molecule has 0 amide bonds. The normalized spacial score (nSPS) is 56.8. The van der Waals surface area contributed by atoms with Crippen LogP contribution in [0.4, 0.5) is 0 Å². The van der Waals surface area contributed by atoms with E-state index in [-0.39, 0.29) is 27.8 Å². The highest BCUT2D eigenvalue weighted by molar-refractivity contribution is 5.35. The lowest BCUT2D eigenvalue weighted by Gasteiger charge is -2.70. The Morgan fingerprint density at radius 3 is 2.19 bits per heavy atom. The number of rotatable bonds is 1. The molecule has 0 radical (unpaired) electrons. The molecule has 182 valence electrons. The Labute approximate surface area is 197 Å². The molecule has 0 bridgehead atoms. The summed E-state index contributed by atoms with van der Waals surface area (Å²) in [7, 11) is 0. The molecule has 0 heterocycles. The van der Waals surface area contributed by atoms with Crippen molar-refractivity contribution in [3.8, 4) is 0 Å². The van der Waals surface area contributed by atoms with Gasteiger partial charge in [-0.1, -0.05) is 60.1 Å². The second-order valence-electron chi connectivity index (χ2n) is 14.6. The molecule has 0 aromatic heterocycles. The first kappa shape index (κ1) is 23.4. The molecule has 0 aromatic carbocycles. The van der Waals surface area contributed by atoms with Crippen molar-refractivity contribution in [2.75, 3.05) is 6.61 Å². The number of hydrogen-bond donors (Lipinski definition) is 2. The fourth-order valence-corrected chi connectivity index (χ4v) is 11.4. The first-order valence-electron chi connectivity index (χ1n) is 13.9. The van der Waals surface area contributed by atoms with Gasteiger partial charge in [-0.3, -0.25) is 0 Å². The lowest BCUT2D eigenvalue weighted by Crippen LogP contribution is -2.64. The Balaban J connectivity index is 1.58. The van der Waals surface area contributed by atoms with Gasteiger partial charge in [-0.25, -0.2) is 0 Å². The second kappa shape index (κ2) is 7.09. The minimum atomic E-state index is -0.151. The van der Waals surface area contributed by atoms with Gasteiger partial charge in [0, 0.05) is 12.0 Å². The van der Waals surface area contributed by atoms with E-state index >= 15 is 0 Å². The molecule has 4 fully saturated rings. The largest absolute Gasteiger partial charge is 0.396 e. The Hall–Kier alpha value is -0.340. The third-order valence-corrected chi connectivity index (χ3v) is 13.1. The van der Waals surface area contributed by atoms with Gasteiger partial charge in [-0.05, 0) is 109 Å². The zero-order valence-electron chi connectivity index (χ0n) is 22.0. The predicted molar refractivity (Wildman–Crippen MR) is 132 cm³/mol. The van der Waals surface area contributed by atoms with E-state index in [1.54, 1.807) is 5.57 Å². The summed E-state index contributed by atoms with van der Waals surface area (Å²) in [5.74, 6) is 3.39. The van der Waals surface area contributed by atoms with Crippen molar-refractivity contribution in [2.45, 2.75) is 112 Å². The number of hydrogen-bond acceptors (Lipinski definition) is 2. The van der Waals surface area contributed by atoms with E-state index in [0.717, 1.165) is 24.7 Å².